The summed E-state index contributed by atoms with van der Waals surface area (Å²) in [7, 11) is 0. The van der Waals surface area contributed by atoms with Crippen molar-refractivity contribution in [3.63, 3.8) is 0 Å². The standard InChI is InChI=1S/C18H18F3NO4/c19-18(20,21)11-14(17(24)25)22-16(23)9-4-10-26-15-8-3-6-12-5-1-2-7-13(12)15/h1-3,5-8,14H,4,9-11H2,(H,22,23)(H,24,25). The number of halogens is 3. The van der Waals surface area contributed by atoms with Crippen molar-refractivity contribution in [2.75, 3.05) is 6.61 Å². The Morgan fingerprint density at radius 3 is 2.50 bits per heavy atom. The molecule has 2 rings (SSSR count). The van der Waals surface area contributed by atoms with Crippen LogP contribution in [0.25, 0.3) is 10.8 Å². The number of ether oxygens (including phenoxy) is 1. The summed E-state index contributed by atoms with van der Waals surface area (Å²) < 4.78 is 42.5. The van der Waals surface area contributed by atoms with E-state index in [-0.39, 0.29) is 19.4 Å². The third-order valence-electron chi connectivity index (χ3n) is 3.62. The topological polar surface area (TPSA) is 75.6 Å². The largest absolute Gasteiger partial charge is 0.493 e. The minimum atomic E-state index is -4.67. The van der Waals surface area contributed by atoms with Gasteiger partial charge >= 0.3 is 12.1 Å². The quantitative estimate of drug-likeness (QED) is 0.698. The summed E-state index contributed by atoms with van der Waals surface area (Å²) in [5, 5.41) is 12.6. The maximum absolute atomic E-state index is 12.3. The Kier molecular flexibility index (Phi) is 6.43. The minimum absolute atomic E-state index is 0.133. The third-order valence-corrected chi connectivity index (χ3v) is 3.62. The van der Waals surface area contributed by atoms with Crippen molar-refractivity contribution >= 4 is 22.6 Å². The molecular formula is C18H18F3NO4. The van der Waals surface area contributed by atoms with Gasteiger partial charge in [-0.1, -0.05) is 36.4 Å². The summed E-state index contributed by atoms with van der Waals surface area (Å²) in [4.78, 5) is 22.5. The Labute approximate surface area is 147 Å². The van der Waals surface area contributed by atoms with Crippen LogP contribution in [-0.2, 0) is 9.59 Å². The first-order valence-corrected chi connectivity index (χ1v) is 7.96. The van der Waals surface area contributed by atoms with Crippen LogP contribution < -0.4 is 10.1 Å². The second-order valence-corrected chi connectivity index (χ2v) is 5.71. The van der Waals surface area contributed by atoms with Crippen molar-refractivity contribution in [1.82, 2.24) is 5.32 Å². The summed E-state index contributed by atoms with van der Waals surface area (Å²) in [6.07, 6.45) is -6.17. The molecule has 1 unspecified atom stereocenters. The molecular weight excluding hydrogens is 351 g/mol. The van der Waals surface area contributed by atoms with E-state index in [1.807, 2.05) is 41.7 Å². The number of fused-ring (bicyclic) bond motifs is 1. The van der Waals surface area contributed by atoms with Crippen LogP contribution in [0.5, 0.6) is 5.75 Å². The van der Waals surface area contributed by atoms with Gasteiger partial charge in [-0.25, -0.2) is 4.79 Å². The highest BCUT2D eigenvalue weighted by Gasteiger charge is 2.36. The Morgan fingerprint density at radius 1 is 1.12 bits per heavy atom. The fraction of sp³-hybridized carbons (Fsp3) is 0.333. The Balaban J connectivity index is 1.81. The maximum atomic E-state index is 12.3. The second kappa shape index (κ2) is 8.55. The summed E-state index contributed by atoms with van der Waals surface area (Å²) in [5.41, 5.74) is 0. The van der Waals surface area contributed by atoms with Gasteiger partial charge in [0, 0.05) is 11.8 Å². The number of rotatable bonds is 8. The zero-order valence-corrected chi connectivity index (χ0v) is 13.8. The molecule has 0 spiro atoms. The second-order valence-electron chi connectivity index (χ2n) is 5.71. The minimum Gasteiger partial charge on any atom is -0.493 e. The number of carbonyl (C=O) groups excluding carboxylic acids is 1. The number of alkyl halides is 3. The van der Waals surface area contributed by atoms with Gasteiger partial charge in [0.15, 0.2) is 0 Å². The molecule has 2 aromatic rings. The highest BCUT2D eigenvalue weighted by molar-refractivity contribution is 5.88. The van der Waals surface area contributed by atoms with Gasteiger partial charge in [0.25, 0.3) is 0 Å². The van der Waals surface area contributed by atoms with Gasteiger partial charge < -0.3 is 15.2 Å². The molecule has 0 radical (unpaired) electrons. The van der Waals surface area contributed by atoms with Gasteiger partial charge in [-0.2, -0.15) is 13.2 Å². The molecule has 0 aliphatic rings. The molecule has 5 nitrogen and oxygen atoms in total. The molecule has 0 saturated carbocycles. The van der Waals surface area contributed by atoms with E-state index < -0.39 is 30.5 Å². The fourth-order valence-corrected chi connectivity index (χ4v) is 2.43. The van der Waals surface area contributed by atoms with Gasteiger partial charge in [-0.15, -0.1) is 0 Å². The highest BCUT2D eigenvalue weighted by atomic mass is 19.4. The van der Waals surface area contributed by atoms with E-state index in [2.05, 4.69) is 0 Å². The number of carboxylic acid groups (broad SMARTS) is 1. The van der Waals surface area contributed by atoms with Gasteiger partial charge in [-0.05, 0) is 17.9 Å². The normalized spacial score (nSPS) is 12.6. The predicted molar refractivity (Wildman–Crippen MR) is 88.9 cm³/mol. The van der Waals surface area contributed by atoms with Crippen molar-refractivity contribution in [3.8, 4) is 5.75 Å². The first kappa shape index (κ1) is 19.6. The lowest BCUT2D eigenvalue weighted by Gasteiger charge is -2.16. The van der Waals surface area contributed by atoms with E-state index in [9.17, 15) is 22.8 Å². The van der Waals surface area contributed by atoms with Gasteiger partial charge in [0.05, 0.1) is 13.0 Å². The molecule has 140 valence electrons. The van der Waals surface area contributed by atoms with Gasteiger partial charge in [-0.3, -0.25) is 4.79 Å². The van der Waals surface area contributed by atoms with Crippen molar-refractivity contribution in [3.05, 3.63) is 42.5 Å². The number of carboxylic acids is 1. The van der Waals surface area contributed by atoms with Crippen LogP contribution in [0.15, 0.2) is 42.5 Å². The first-order chi connectivity index (χ1) is 12.3. The number of carbonyl (C=O) groups is 2. The molecule has 1 amide bonds. The van der Waals surface area contributed by atoms with E-state index >= 15 is 0 Å². The Bertz CT molecular complexity index is 771. The zero-order valence-electron chi connectivity index (χ0n) is 13.8. The average molecular weight is 369 g/mol. The van der Waals surface area contributed by atoms with Crippen LogP contribution in [0.3, 0.4) is 0 Å². The summed E-state index contributed by atoms with van der Waals surface area (Å²) >= 11 is 0. The number of hydrogen-bond acceptors (Lipinski definition) is 3. The van der Waals surface area contributed by atoms with E-state index in [0.29, 0.717) is 5.75 Å². The maximum Gasteiger partial charge on any atom is 0.391 e. The molecule has 0 bridgehead atoms. The third kappa shape index (κ3) is 5.94. The molecule has 1 atom stereocenters. The lowest BCUT2D eigenvalue weighted by atomic mass is 10.1. The molecule has 2 N–H and O–H groups in total. The van der Waals surface area contributed by atoms with Gasteiger partial charge in [0.2, 0.25) is 5.91 Å². The first-order valence-electron chi connectivity index (χ1n) is 7.96. The molecule has 0 aliphatic heterocycles. The monoisotopic (exact) mass is 369 g/mol. The van der Waals surface area contributed by atoms with Crippen LogP contribution in [0, 0.1) is 0 Å². The number of nitrogens with one attached hydrogen (secondary N) is 1. The van der Waals surface area contributed by atoms with E-state index in [1.54, 1.807) is 6.07 Å². The van der Waals surface area contributed by atoms with E-state index in [4.69, 9.17) is 9.84 Å². The zero-order chi connectivity index (χ0) is 19.2. The van der Waals surface area contributed by atoms with Crippen LogP contribution in [0.2, 0.25) is 0 Å². The summed E-state index contributed by atoms with van der Waals surface area (Å²) in [6, 6.07) is 11.2. The molecule has 26 heavy (non-hydrogen) atoms. The summed E-state index contributed by atoms with van der Waals surface area (Å²) in [6.45, 7) is 0.179. The highest BCUT2D eigenvalue weighted by Crippen LogP contribution is 2.25. The number of aliphatic carboxylic acids is 1. The average Bonchev–Trinajstić information content (AvgIpc) is 2.57. The van der Waals surface area contributed by atoms with Crippen molar-refractivity contribution in [2.24, 2.45) is 0 Å². The van der Waals surface area contributed by atoms with Gasteiger partial charge in [0.1, 0.15) is 11.8 Å². The summed E-state index contributed by atoms with van der Waals surface area (Å²) in [5.74, 6) is -1.84. The molecule has 0 saturated heterocycles. The SMILES string of the molecule is O=C(CCCOc1cccc2ccccc12)NC(CC(F)(F)F)C(=O)O. The smallest absolute Gasteiger partial charge is 0.391 e. The molecule has 0 heterocycles. The molecule has 0 fully saturated rings. The van der Waals surface area contributed by atoms with Crippen molar-refractivity contribution in [2.45, 2.75) is 31.5 Å². The number of amides is 1. The molecule has 0 aliphatic carbocycles. The van der Waals surface area contributed by atoms with E-state index in [0.717, 1.165) is 10.8 Å². The predicted octanol–water partition coefficient (Wildman–Crippen LogP) is 3.52. The Hall–Kier alpha value is -2.77. The lowest BCUT2D eigenvalue weighted by molar-refractivity contribution is -0.160. The number of benzene rings is 2. The van der Waals surface area contributed by atoms with Crippen LogP contribution in [-0.4, -0.2) is 35.8 Å². The van der Waals surface area contributed by atoms with Crippen LogP contribution in [0.4, 0.5) is 13.2 Å². The van der Waals surface area contributed by atoms with Crippen molar-refractivity contribution in [1.29, 1.82) is 0 Å². The molecule has 8 heteroatoms. The van der Waals surface area contributed by atoms with Crippen LogP contribution >= 0.6 is 0 Å². The molecule has 0 aromatic heterocycles. The van der Waals surface area contributed by atoms with Crippen molar-refractivity contribution < 1.29 is 32.6 Å². The number of hydrogen-bond donors (Lipinski definition) is 2. The van der Waals surface area contributed by atoms with Crippen LogP contribution in [0.1, 0.15) is 19.3 Å². The molecule has 2 aromatic carbocycles. The Morgan fingerprint density at radius 2 is 1.81 bits per heavy atom. The van der Waals surface area contributed by atoms with E-state index in [1.165, 1.54) is 0 Å². The fourth-order valence-electron chi connectivity index (χ4n) is 2.43. The lowest BCUT2D eigenvalue weighted by Crippen LogP contribution is -2.43.